The Labute approximate surface area is 190 Å². The standard InChI is InChI=1S/C23H28FN5O2S/c24-17-5-1-6-18-19(17)20-21(32-18)22(27-15-26-20)29-9-2-4-16(14-29)23(30)25-7-3-8-28-10-12-31-13-11-28/h1,5-6,15-16H,2-4,7-14H2,(H,25,30). The summed E-state index contributed by atoms with van der Waals surface area (Å²) in [6.07, 6.45) is 4.26. The summed E-state index contributed by atoms with van der Waals surface area (Å²) in [4.78, 5) is 26.3. The molecule has 2 aromatic heterocycles. The third-order valence-electron chi connectivity index (χ3n) is 6.35. The van der Waals surface area contributed by atoms with Crippen LogP contribution in [-0.2, 0) is 9.53 Å². The number of rotatable bonds is 6. The molecule has 4 heterocycles. The van der Waals surface area contributed by atoms with Crippen molar-refractivity contribution in [3.05, 3.63) is 30.3 Å². The first-order chi connectivity index (χ1) is 15.7. The maximum absolute atomic E-state index is 14.4. The molecule has 2 fully saturated rings. The van der Waals surface area contributed by atoms with E-state index < -0.39 is 0 Å². The maximum atomic E-state index is 14.4. The number of aromatic nitrogens is 2. The maximum Gasteiger partial charge on any atom is 0.224 e. The van der Waals surface area contributed by atoms with E-state index in [1.165, 1.54) is 23.7 Å². The Kier molecular flexibility index (Phi) is 6.47. The zero-order valence-corrected chi connectivity index (χ0v) is 18.9. The molecule has 3 aromatic rings. The van der Waals surface area contributed by atoms with Crippen LogP contribution in [0.4, 0.5) is 10.2 Å². The van der Waals surface area contributed by atoms with Gasteiger partial charge in [-0.3, -0.25) is 9.69 Å². The molecule has 5 rings (SSSR count). The second-order valence-corrected chi connectivity index (χ2v) is 9.53. The normalized spacial score (nSPS) is 20.2. The van der Waals surface area contributed by atoms with Crippen molar-refractivity contribution in [3.8, 4) is 0 Å². The van der Waals surface area contributed by atoms with Crippen LogP contribution in [0.1, 0.15) is 19.3 Å². The first-order valence-electron chi connectivity index (χ1n) is 11.3. The number of ether oxygens (including phenoxy) is 1. The quantitative estimate of drug-likeness (QED) is 0.574. The summed E-state index contributed by atoms with van der Waals surface area (Å²) in [5.41, 5.74) is 0.655. The Hall–Kier alpha value is -2.36. The molecule has 0 saturated carbocycles. The number of halogens is 1. The highest BCUT2D eigenvalue weighted by Gasteiger charge is 2.28. The molecule has 2 aliphatic rings. The molecular formula is C23H28FN5O2S. The molecule has 170 valence electrons. The second kappa shape index (κ2) is 9.64. The smallest absolute Gasteiger partial charge is 0.224 e. The van der Waals surface area contributed by atoms with Crippen molar-refractivity contribution in [3.63, 3.8) is 0 Å². The number of nitrogens with zero attached hydrogens (tertiary/aromatic N) is 4. The van der Waals surface area contributed by atoms with E-state index in [1.807, 2.05) is 6.07 Å². The van der Waals surface area contributed by atoms with Gasteiger partial charge < -0.3 is 15.0 Å². The predicted molar refractivity (Wildman–Crippen MR) is 125 cm³/mol. The summed E-state index contributed by atoms with van der Waals surface area (Å²) in [7, 11) is 0. The Morgan fingerprint density at radius 3 is 3.00 bits per heavy atom. The highest BCUT2D eigenvalue weighted by molar-refractivity contribution is 7.26. The number of thiophene rings is 1. The van der Waals surface area contributed by atoms with Gasteiger partial charge in [0.2, 0.25) is 5.91 Å². The summed E-state index contributed by atoms with van der Waals surface area (Å²) in [5.74, 6) is 0.597. The Morgan fingerprint density at radius 2 is 2.12 bits per heavy atom. The summed E-state index contributed by atoms with van der Waals surface area (Å²) in [6, 6.07) is 5.11. The summed E-state index contributed by atoms with van der Waals surface area (Å²) in [5, 5.41) is 3.68. The molecule has 2 saturated heterocycles. The fourth-order valence-electron chi connectivity index (χ4n) is 4.66. The lowest BCUT2D eigenvalue weighted by Crippen LogP contribution is -2.44. The minimum Gasteiger partial charge on any atom is -0.379 e. The molecule has 1 amide bonds. The van der Waals surface area contributed by atoms with E-state index in [1.54, 1.807) is 6.07 Å². The summed E-state index contributed by atoms with van der Waals surface area (Å²) < 4.78 is 21.6. The van der Waals surface area contributed by atoms with Gasteiger partial charge in [-0.2, -0.15) is 0 Å². The lowest BCUT2D eigenvalue weighted by atomic mass is 9.97. The van der Waals surface area contributed by atoms with Crippen LogP contribution in [0.15, 0.2) is 24.5 Å². The van der Waals surface area contributed by atoms with Crippen LogP contribution in [0.5, 0.6) is 0 Å². The lowest BCUT2D eigenvalue weighted by Gasteiger charge is -2.33. The average molecular weight is 458 g/mol. The molecule has 1 atom stereocenters. The largest absolute Gasteiger partial charge is 0.379 e. The van der Waals surface area contributed by atoms with Gasteiger partial charge in [0.25, 0.3) is 0 Å². The molecule has 7 nitrogen and oxygen atoms in total. The summed E-state index contributed by atoms with van der Waals surface area (Å²) >= 11 is 1.52. The van der Waals surface area contributed by atoms with Crippen molar-refractivity contribution in [2.45, 2.75) is 19.3 Å². The number of fused-ring (bicyclic) bond motifs is 3. The fraction of sp³-hybridized carbons (Fsp3) is 0.522. The van der Waals surface area contributed by atoms with Crippen molar-refractivity contribution in [2.24, 2.45) is 5.92 Å². The van der Waals surface area contributed by atoms with Crippen LogP contribution in [0.2, 0.25) is 0 Å². The number of amides is 1. The number of piperidine rings is 1. The van der Waals surface area contributed by atoms with Gasteiger partial charge in [-0.15, -0.1) is 11.3 Å². The van der Waals surface area contributed by atoms with Gasteiger partial charge in [0.05, 0.1) is 34.7 Å². The van der Waals surface area contributed by atoms with Crippen LogP contribution in [-0.4, -0.2) is 73.3 Å². The second-order valence-electron chi connectivity index (χ2n) is 8.47. The van der Waals surface area contributed by atoms with Gasteiger partial charge in [-0.25, -0.2) is 14.4 Å². The van der Waals surface area contributed by atoms with Crippen LogP contribution >= 0.6 is 11.3 Å². The molecule has 1 N–H and O–H groups in total. The number of hydrogen-bond donors (Lipinski definition) is 1. The first-order valence-corrected chi connectivity index (χ1v) is 12.2. The van der Waals surface area contributed by atoms with Crippen molar-refractivity contribution in [1.29, 1.82) is 0 Å². The number of nitrogens with one attached hydrogen (secondary N) is 1. The highest BCUT2D eigenvalue weighted by atomic mass is 32.1. The molecule has 32 heavy (non-hydrogen) atoms. The van der Waals surface area contributed by atoms with Crippen LogP contribution in [0, 0.1) is 11.7 Å². The summed E-state index contributed by atoms with van der Waals surface area (Å²) in [6.45, 7) is 6.69. The van der Waals surface area contributed by atoms with E-state index in [0.717, 1.165) is 73.9 Å². The van der Waals surface area contributed by atoms with E-state index in [-0.39, 0.29) is 17.6 Å². The monoisotopic (exact) mass is 457 g/mol. The molecule has 0 bridgehead atoms. The number of benzene rings is 1. The highest BCUT2D eigenvalue weighted by Crippen LogP contribution is 2.39. The Bertz CT molecular complexity index is 1100. The SMILES string of the molecule is O=C(NCCCN1CCOCC1)C1CCCN(c2ncnc3c2sc2cccc(F)c23)C1. The van der Waals surface area contributed by atoms with E-state index >= 15 is 0 Å². The fourth-order valence-corrected chi connectivity index (χ4v) is 5.85. The van der Waals surface area contributed by atoms with Gasteiger partial charge in [0.15, 0.2) is 0 Å². The molecular weight excluding hydrogens is 429 g/mol. The number of morpholine rings is 1. The topological polar surface area (TPSA) is 70.6 Å². The van der Waals surface area contributed by atoms with Crippen molar-refractivity contribution in [1.82, 2.24) is 20.2 Å². The van der Waals surface area contributed by atoms with E-state index in [0.29, 0.717) is 24.0 Å². The van der Waals surface area contributed by atoms with Gasteiger partial charge in [-0.1, -0.05) is 6.07 Å². The van der Waals surface area contributed by atoms with Gasteiger partial charge in [-0.05, 0) is 37.9 Å². The van der Waals surface area contributed by atoms with Crippen LogP contribution in [0.25, 0.3) is 20.3 Å². The van der Waals surface area contributed by atoms with Gasteiger partial charge in [0, 0.05) is 37.4 Å². The predicted octanol–water partition coefficient (Wildman–Crippen LogP) is 3.04. The zero-order valence-electron chi connectivity index (χ0n) is 18.1. The van der Waals surface area contributed by atoms with Crippen molar-refractivity contribution < 1.29 is 13.9 Å². The van der Waals surface area contributed by atoms with Crippen molar-refractivity contribution >= 4 is 43.4 Å². The van der Waals surface area contributed by atoms with Crippen LogP contribution in [0.3, 0.4) is 0 Å². The number of hydrogen-bond acceptors (Lipinski definition) is 7. The van der Waals surface area contributed by atoms with Crippen molar-refractivity contribution in [2.75, 3.05) is 57.4 Å². The van der Waals surface area contributed by atoms with Crippen LogP contribution < -0.4 is 10.2 Å². The minimum atomic E-state index is -0.258. The van der Waals surface area contributed by atoms with E-state index in [9.17, 15) is 9.18 Å². The molecule has 1 aromatic carbocycles. The van der Waals surface area contributed by atoms with Gasteiger partial charge in [0.1, 0.15) is 18.0 Å². The minimum absolute atomic E-state index is 0.0664. The zero-order chi connectivity index (χ0) is 21.9. The first kappa shape index (κ1) is 21.5. The number of anilines is 1. The van der Waals surface area contributed by atoms with Gasteiger partial charge >= 0.3 is 0 Å². The number of carbonyl (C=O) groups excluding carboxylic acids is 1. The molecule has 0 aliphatic carbocycles. The molecule has 0 radical (unpaired) electrons. The molecule has 0 spiro atoms. The molecule has 9 heteroatoms. The number of carbonyl (C=O) groups is 1. The third-order valence-corrected chi connectivity index (χ3v) is 7.50. The third kappa shape index (κ3) is 4.42. The Morgan fingerprint density at radius 1 is 1.25 bits per heavy atom. The average Bonchev–Trinajstić information content (AvgIpc) is 3.22. The van der Waals surface area contributed by atoms with E-state index in [4.69, 9.17) is 4.74 Å². The molecule has 1 unspecified atom stereocenters. The Balaban J connectivity index is 1.24. The van der Waals surface area contributed by atoms with E-state index in [2.05, 4.69) is 25.1 Å². The molecule has 2 aliphatic heterocycles. The lowest BCUT2D eigenvalue weighted by molar-refractivity contribution is -0.125.